The highest BCUT2D eigenvalue weighted by atomic mass is 16.6. The third-order valence-corrected chi connectivity index (χ3v) is 9.11. The molecule has 4 rings (SSSR count). The first-order valence-electron chi connectivity index (χ1n) is 12.4. The lowest BCUT2D eigenvalue weighted by molar-refractivity contribution is -0.183. The first-order valence-corrected chi connectivity index (χ1v) is 12.4. The van der Waals surface area contributed by atoms with Crippen molar-refractivity contribution >= 4 is 11.9 Å². The monoisotopic (exact) mass is 444 g/mol. The Kier molecular flexibility index (Phi) is 6.34. The molecule has 2 heterocycles. The van der Waals surface area contributed by atoms with Crippen LogP contribution in [-0.4, -0.2) is 36.9 Å². The second-order valence-corrected chi connectivity index (χ2v) is 11.7. The number of carbonyl (C=O) groups is 2. The molecule has 3 fully saturated rings. The lowest BCUT2D eigenvalue weighted by atomic mass is 9.45. The Morgan fingerprint density at radius 2 is 1.94 bits per heavy atom. The molecule has 0 bridgehead atoms. The number of rotatable bonds is 4. The van der Waals surface area contributed by atoms with Crippen LogP contribution in [-0.2, 0) is 23.8 Å². The zero-order valence-corrected chi connectivity index (χ0v) is 20.5. The average molecular weight is 445 g/mol. The highest BCUT2D eigenvalue weighted by molar-refractivity contribution is 5.85. The molecule has 0 radical (unpaired) electrons. The number of fused-ring (bicyclic) bond motifs is 3. The Bertz CT molecular complexity index is 824. The molecule has 4 aliphatic rings. The van der Waals surface area contributed by atoms with E-state index in [0.29, 0.717) is 29.8 Å². The second kappa shape index (κ2) is 8.62. The molecule has 5 heteroatoms. The molecule has 2 saturated carbocycles. The van der Waals surface area contributed by atoms with E-state index in [4.69, 9.17) is 14.2 Å². The molecule has 0 aromatic rings. The van der Waals surface area contributed by atoms with Crippen molar-refractivity contribution < 1.29 is 23.8 Å². The second-order valence-electron chi connectivity index (χ2n) is 11.7. The van der Waals surface area contributed by atoms with Crippen LogP contribution in [0, 0.1) is 22.7 Å². The summed E-state index contributed by atoms with van der Waals surface area (Å²) in [7, 11) is 0. The van der Waals surface area contributed by atoms with Crippen molar-refractivity contribution in [1.29, 1.82) is 0 Å². The van der Waals surface area contributed by atoms with Crippen LogP contribution in [0.25, 0.3) is 0 Å². The molecule has 0 aromatic carbocycles. The standard InChI is InChI=1S/C27H40O5/c1-18(28)32-21(20-15-24(29)30-17-20)9-7-19-8-10-23-26(4)13-6-12-25(2,3)22(26)11-14-27(23,5)31-16-19/h7,15,21-23H,6,8-14,16-17H2,1-5H3/b19-7-/t21-,22+,23-,26+,27-/m1/s1. The van der Waals surface area contributed by atoms with Crippen molar-refractivity contribution in [1.82, 2.24) is 0 Å². The van der Waals surface area contributed by atoms with E-state index in [2.05, 4.69) is 33.8 Å². The number of carbonyl (C=O) groups excluding carboxylic acids is 2. The number of hydrogen-bond acceptors (Lipinski definition) is 5. The zero-order valence-electron chi connectivity index (χ0n) is 20.5. The molecule has 0 N–H and O–H groups in total. The molecule has 2 aliphatic heterocycles. The minimum Gasteiger partial charge on any atom is -0.458 e. The Labute approximate surface area is 192 Å². The van der Waals surface area contributed by atoms with Crippen LogP contribution in [0.2, 0.25) is 0 Å². The molecular weight excluding hydrogens is 404 g/mol. The molecule has 0 spiro atoms. The molecule has 1 saturated heterocycles. The third-order valence-electron chi connectivity index (χ3n) is 9.11. The number of ether oxygens (including phenoxy) is 3. The van der Waals surface area contributed by atoms with Crippen LogP contribution >= 0.6 is 0 Å². The highest BCUT2D eigenvalue weighted by Gasteiger charge is 2.58. The molecule has 32 heavy (non-hydrogen) atoms. The minimum absolute atomic E-state index is 0.0716. The molecule has 5 atom stereocenters. The van der Waals surface area contributed by atoms with E-state index in [1.54, 1.807) is 0 Å². The van der Waals surface area contributed by atoms with Crippen LogP contribution in [0.15, 0.2) is 23.3 Å². The van der Waals surface area contributed by atoms with Gasteiger partial charge in [-0.15, -0.1) is 0 Å². The summed E-state index contributed by atoms with van der Waals surface area (Å²) in [5.74, 6) is 0.615. The van der Waals surface area contributed by atoms with Gasteiger partial charge in [-0.2, -0.15) is 0 Å². The van der Waals surface area contributed by atoms with E-state index >= 15 is 0 Å². The predicted molar refractivity (Wildman–Crippen MR) is 123 cm³/mol. The summed E-state index contributed by atoms with van der Waals surface area (Å²) in [6.07, 6.45) is 12.2. The van der Waals surface area contributed by atoms with Crippen LogP contribution in [0.5, 0.6) is 0 Å². The molecule has 5 nitrogen and oxygen atoms in total. The first kappa shape index (κ1) is 23.5. The fourth-order valence-electron chi connectivity index (χ4n) is 7.56. The fourth-order valence-corrected chi connectivity index (χ4v) is 7.56. The van der Waals surface area contributed by atoms with Crippen LogP contribution < -0.4 is 0 Å². The van der Waals surface area contributed by atoms with Gasteiger partial charge in [-0.1, -0.05) is 33.3 Å². The maximum Gasteiger partial charge on any atom is 0.331 e. The summed E-state index contributed by atoms with van der Waals surface area (Å²) in [5.41, 5.74) is 2.68. The number of hydrogen-bond donors (Lipinski definition) is 0. The summed E-state index contributed by atoms with van der Waals surface area (Å²) >= 11 is 0. The minimum atomic E-state index is -0.450. The summed E-state index contributed by atoms with van der Waals surface area (Å²) < 4.78 is 17.2. The van der Waals surface area contributed by atoms with E-state index in [0.717, 1.165) is 30.8 Å². The van der Waals surface area contributed by atoms with Crippen molar-refractivity contribution in [2.45, 2.75) is 97.7 Å². The van der Waals surface area contributed by atoms with Crippen molar-refractivity contribution in [3.63, 3.8) is 0 Å². The fraction of sp³-hybridized carbons (Fsp3) is 0.778. The maximum atomic E-state index is 11.6. The predicted octanol–water partition coefficient (Wildman–Crippen LogP) is 5.53. The van der Waals surface area contributed by atoms with Crippen molar-refractivity contribution in [3.8, 4) is 0 Å². The molecular formula is C27H40O5. The van der Waals surface area contributed by atoms with Crippen molar-refractivity contribution in [2.24, 2.45) is 22.7 Å². The van der Waals surface area contributed by atoms with Gasteiger partial charge in [0, 0.05) is 25.0 Å². The lowest BCUT2D eigenvalue weighted by Gasteiger charge is -2.62. The normalized spacial score (nSPS) is 38.7. The van der Waals surface area contributed by atoms with E-state index in [9.17, 15) is 9.59 Å². The van der Waals surface area contributed by atoms with Crippen molar-refractivity contribution in [3.05, 3.63) is 23.3 Å². The molecule has 0 unspecified atom stereocenters. The van der Waals surface area contributed by atoms with E-state index in [-0.39, 0.29) is 24.1 Å². The molecule has 178 valence electrons. The molecule has 0 amide bonds. The first-order chi connectivity index (χ1) is 15.0. The number of esters is 2. The molecule has 0 aromatic heterocycles. The van der Waals surface area contributed by atoms with E-state index in [1.165, 1.54) is 44.3 Å². The SMILES string of the molecule is CC(=O)O[C@H](C/C=C1/CC[C@@H]2[C@@]3(C)CCCC(C)(C)[C@@H]3CC[C@@]2(C)OC1)C1=CC(=O)OC1. The van der Waals surface area contributed by atoms with E-state index < -0.39 is 6.10 Å². The Hall–Kier alpha value is -1.62. The lowest BCUT2D eigenvalue weighted by Crippen LogP contribution is -2.57. The summed E-state index contributed by atoms with van der Waals surface area (Å²) in [6, 6.07) is 0. The van der Waals surface area contributed by atoms with Gasteiger partial charge in [0.15, 0.2) is 0 Å². The van der Waals surface area contributed by atoms with Crippen molar-refractivity contribution in [2.75, 3.05) is 13.2 Å². The van der Waals surface area contributed by atoms with Gasteiger partial charge < -0.3 is 14.2 Å². The van der Waals surface area contributed by atoms with Gasteiger partial charge in [0.25, 0.3) is 0 Å². The van der Waals surface area contributed by atoms with Gasteiger partial charge in [-0.3, -0.25) is 4.79 Å². The third kappa shape index (κ3) is 4.42. The Morgan fingerprint density at radius 3 is 2.62 bits per heavy atom. The highest BCUT2D eigenvalue weighted by Crippen LogP contribution is 2.64. The Balaban J connectivity index is 1.50. The summed E-state index contributed by atoms with van der Waals surface area (Å²) in [4.78, 5) is 23.1. The van der Waals surface area contributed by atoms with Gasteiger partial charge in [0.2, 0.25) is 0 Å². The van der Waals surface area contributed by atoms with E-state index in [1.807, 2.05) is 0 Å². The van der Waals surface area contributed by atoms with Gasteiger partial charge in [0.1, 0.15) is 12.7 Å². The van der Waals surface area contributed by atoms with Gasteiger partial charge >= 0.3 is 11.9 Å². The van der Waals surface area contributed by atoms with Crippen LogP contribution in [0.1, 0.15) is 86.0 Å². The zero-order chi connectivity index (χ0) is 23.1. The number of cyclic esters (lactones) is 1. The van der Waals surface area contributed by atoms with Crippen LogP contribution in [0.4, 0.5) is 0 Å². The van der Waals surface area contributed by atoms with Crippen LogP contribution in [0.3, 0.4) is 0 Å². The summed E-state index contributed by atoms with van der Waals surface area (Å²) in [5, 5.41) is 0. The smallest absolute Gasteiger partial charge is 0.331 e. The van der Waals surface area contributed by atoms with Gasteiger partial charge in [0.05, 0.1) is 12.2 Å². The van der Waals surface area contributed by atoms with Gasteiger partial charge in [-0.25, -0.2) is 4.79 Å². The molecule has 2 aliphatic carbocycles. The topological polar surface area (TPSA) is 61.8 Å². The van der Waals surface area contributed by atoms with Gasteiger partial charge in [-0.05, 0) is 73.7 Å². The maximum absolute atomic E-state index is 11.6. The Morgan fingerprint density at radius 1 is 1.16 bits per heavy atom. The quantitative estimate of drug-likeness (QED) is 0.421. The summed E-state index contributed by atoms with van der Waals surface area (Å²) in [6.45, 7) is 12.1. The largest absolute Gasteiger partial charge is 0.458 e. The average Bonchev–Trinajstić information content (AvgIpc) is 3.04.